The van der Waals surface area contributed by atoms with E-state index in [1.807, 2.05) is 6.92 Å². The number of carbonyl (C=O) groups is 1. The summed E-state index contributed by atoms with van der Waals surface area (Å²) in [4.78, 5) is 11.8. The van der Waals surface area contributed by atoms with Crippen molar-refractivity contribution in [1.82, 2.24) is 5.32 Å². The maximum absolute atomic E-state index is 14.8. The van der Waals surface area contributed by atoms with Crippen LogP contribution in [0.25, 0.3) is 0 Å². The fourth-order valence-electron chi connectivity index (χ4n) is 4.93. The lowest BCUT2D eigenvalue weighted by atomic mass is 10.1. The van der Waals surface area contributed by atoms with Gasteiger partial charge >= 0.3 is 33.5 Å². The van der Waals surface area contributed by atoms with Crippen molar-refractivity contribution in [2.45, 2.75) is 145 Å². The summed E-state index contributed by atoms with van der Waals surface area (Å²) in [5.74, 6) is -11.5. The molecular weight excluding hydrogens is 670 g/mol. The van der Waals surface area contributed by atoms with Crippen LogP contribution in [0.5, 0.6) is 0 Å². The molecule has 1 amide bonds. The molecule has 20 heteroatoms. The minimum absolute atomic E-state index is 0.310. The number of halogens is 8. The quantitative estimate of drug-likeness (QED) is 0.120. The highest BCUT2D eigenvalue weighted by atomic mass is 32.2. The number of rotatable bonds is 17. The summed E-state index contributed by atoms with van der Waals surface area (Å²) < 4.78 is 175. The third-order valence-electron chi connectivity index (χ3n) is 7.24. The van der Waals surface area contributed by atoms with Crippen LogP contribution >= 0.6 is 0 Å². The second-order valence-corrected chi connectivity index (χ2v) is 13.7. The summed E-state index contributed by atoms with van der Waals surface area (Å²) in [5, 5.41) is -4.16. The lowest BCUT2D eigenvalue weighted by Gasteiger charge is -2.35. The second-order valence-electron chi connectivity index (χ2n) is 12.1. The Morgan fingerprint density at radius 2 is 1.52 bits per heavy atom. The van der Waals surface area contributed by atoms with Crippen LogP contribution in [0.1, 0.15) is 86.0 Å². The Bertz CT molecular complexity index is 1190. The van der Waals surface area contributed by atoms with Crippen molar-refractivity contribution < 1.29 is 80.9 Å². The lowest BCUT2D eigenvalue weighted by molar-refractivity contribution is -0.457. The number of hydrogen-bond donors (Lipinski definition) is 1. The van der Waals surface area contributed by atoms with E-state index in [1.54, 1.807) is 0 Å². The van der Waals surface area contributed by atoms with Gasteiger partial charge in [-0.05, 0) is 47.0 Å². The van der Waals surface area contributed by atoms with Gasteiger partial charge in [0.25, 0.3) is 0 Å². The summed E-state index contributed by atoms with van der Waals surface area (Å²) in [5.41, 5.74) is 0. The zero-order valence-electron chi connectivity index (χ0n) is 25.8. The molecule has 0 aliphatic carbocycles. The highest BCUT2D eigenvalue weighted by Crippen LogP contribution is 2.52. The maximum atomic E-state index is 14.8. The molecule has 3 heterocycles. The van der Waals surface area contributed by atoms with E-state index >= 15 is 0 Å². The fraction of sp³-hybridized carbons (Fsp3) is 0.962. The van der Waals surface area contributed by atoms with Crippen LogP contribution in [0.15, 0.2) is 0 Å². The van der Waals surface area contributed by atoms with Gasteiger partial charge in [-0.25, -0.2) is 4.74 Å². The van der Waals surface area contributed by atoms with Crippen molar-refractivity contribution in [3.8, 4) is 0 Å². The third-order valence-corrected chi connectivity index (χ3v) is 8.56. The number of amides is 1. The van der Waals surface area contributed by atoms with Gasteiger partial charge in [-0.2, -0.15) is 43.5 Å². The third kappa shape index (κ3) is 8.41. The Balaban J connectivity index is 1.67. The highest BCUT2D eigenvalue weighted by Gasteiger charge is 2.77. The molecule has 270 valence electrons. The molecule has 0 aromatic heterocycles. The molecule has 0 aromatic carbocycles. The average Bonchev–Trinajstić information content (AvgIpc) is 3.46. The molecule has 4 atom stereocenters. The first-order chi connectivity index (χ1) is 20.8. The Kier molecular flexibility index (Phi) is 11.4. The largest absolute Gasteiger partial charge is 0.460 e. The Morgan fingerprint density at radius 3 is 2.11 bits per heavy atom. The molecule has 3 saturated heterocycles. The Morgan fingerprint density at radius 1 is 0.870 bits per heavy atom. The standard InChI is InChI=1S/C26H39F8NO10S/c1-6-7-8-11-14-35-16(36)12-9-10-13-23(27,28)24(29,30)45-25(31,32)26(33,34)46(37,38)43-18-17-19(41-21(4,5)40-17)42-22(18)15-39-20(2,3)44-22/h17-19H,6-15H2,1-5H3,(H,35,36)/t17?,18-,19+,22+/m1/s1. The summed E-state index contributed by atoms with van der Waals surface area (Å²) in [7, 11) is -7.02. The van der Waals surface area contributed by atoms with E-state index in [2.05, 4.69) is 14.2 Å². The number of hydrogen-bond acceptors (Lipinski definition) is 10. The van der Waals surface area contributed by atoms with Gasteiger partial charge in [0.15, 0.2) is 24.0 Å². The van der Waals surface area contributed by atoms with Gasteiger partial charge in [0.05, 0.1) is 0 Å². The molecule has 0 radical (unpaired) electrons. The molecule has 0 saturated carbocycles. The number of ether oxygens (including phenoxy) is 6. The summed E-state index contributed by atoms with van der Waals surface area (Å²) in [6, 6.07) is 0. The van der Waals surface area contributed by atoms with Crippen molar-refractivity contribution in [2.75, 3.05) is 13.2 Å². The maximum Gasteiger partial charge on any atom is 0.460 e. The van der Waals surface area contributed by atoms with E-state index in [-0.39, 0.29) is 12.8 Å². The second kappa shape index (κ2) is 13.5. The van der Waals surface area contributed by atoms with E-state index in [0.717, 1.165) is 19.3 Å². The van der Waals surface area contributed by atoms with Crippen molar-refractivity contribution in [1.29, 1.82) is 0 Å². The number of fused-ring (bicyclic) bond motifs is 1. The molecule has 3 aliphatic rings. The zero-order valence-corrected chi connectivity index (χ0v) is 26.6. The first kappa shape index (κ1) is 39.0. The summed E-state index contributed by atoms with van der Waals surface area (Å²) in [6.07, 6.45) is -18.6. The van der Waals surface area contributed by atoms with Crippen molar-refractivity contribution in [3.63, 3.8) is 0 Å². The monoisotopic (exact) mass is 709 g/mol. The topological polar surface area (TPSA) is 128 Å². The summed E-state index contributed by atoms with van der Waals surface area (Å²) in [6.45, 7) is 6.82. The fourth-order valence-corrected chi connectivity index (χ4v) is 5.91. The normalized spacial score (nSPS) is 28.2. The van der Waals surface area contributed by atoms with E-state index in [9.17, 15) is 48.3 Å². The number of alkyl halides is 8. The first-order valence-corrected chi connectivity index (χ1v) is 16.0. The average molecular weight is 710 g/mol. The van der Waals surface area contributed by atoms with Crippen LogP contribution in [0.2, 0.25) is 0 Å². The van der Waals surface area contributed by atoms with Gasteiger partial charge in [0.1, 0.15) is 12.7 Å². The van der Waals surface area contributed by atoms with E-state index < -0.39 is 94.7 Å². The predicted molar refractivity (Wildman–Crippen MR) is 139 cm³/mol. The van der Waals surface area contributed by atoms with Crippen molar-refractivity contribution in [3.05, 3.63) is 0 Å². The molecule has 3 rings (SSSR count). The van der Waals surface area contributed by atoms with Crippen LogP contribution in [-0.4, -0.2) is 86.7 Å². The number of carbonyl (C=O) groups excluding carboxylic acids is 1. The van der Waals surface area contributed by atoms with Gasteiger partial charge < -0.3 is 29.0 Å². The lowest BCUT2D eigenvalue weighted by Crippen LogP contribution is -2.58. The predicted octanol–water partition coefficient (Wildman–Crippen LogP) is 5.38. The summed E-state index contributed by atoms with van der Waals surface area (Å²) >= 11 is 0. The number of unbranched alkanes of at least 4 members (excludes halogenated alkanes) is 4. The molecule has 46 heavy (non-hydrogen) atoms. The van der Waals surface area contributed by atoms with Crippen LogP contribution in [-0.2, 0) is 47.5 Å². The molecule has 3 fully saturated rings. The molecule has 0 aromatic rings. The zero-order chi connectivity index (χ0) is 35.0. The molecule has 1 unspecified atom stereocenters. The van der Waals surface area contributed by atoms with Crippen molar-refractivity contribution >= 4 is 16.0 Å². The van der Waals surface area contributed by atoms with E-state index in [4.69, 9.17) is 23.7 Å². The van der Waals surface area contributed by atoms with Gasteiger partial charge in [0.2, 0.25) is 11.7 Å². The molecule has 11 nitrogen and oxygen atoms in total. The highest BCUT2D eigenvalue weighted by molar-refractivity contribution is 7.87. The Labute approximate surface area is 261 Å². The van der Waals surface area contributed by atoms with Crippen LogP contribution < -0.4 is 5.32 Å². The minimum atomic E-state index is -7.02. The Hall–Kier alpha value is -1.42. The van der Waals surface area contributed by atoms with Crippen molar-refractivity contribution in [2.24, 2.45) is 0 Å². The number of nitrogens with one attached hydrogen (secondary N) is 1. The molecule has 3 aliphatic heterocycles. The molecular formula is C26H39F8NO10S. The van der Waals surface area contributed by atoms with Crippen LogP contribution in [0.4, 0.5) is 35.1 Å². The van der Waals surface area contributed by atoms with Crippen LogP contribution in [0, 0.1) is 0 Å². The van der Waals surface area contributed by atoms with E-state index in [0.29, 0.717) is 13.0 Å². The van der Waals surface area contributed by atoms with Gasteiger partial charge in [-0.3, -0.25) is 8.98 Å². The van der Waals surface area contributed by atoms with Gasteiger partial charge in [-0.15, -0.1) is 0 Å². The molecule has 1 N–H and O–H groups in total. The van der Waals surface area contributed by atoms with Gasteiger partial charge in [0, 0.05) is 19.4 Å². The van der Waals surface area contributed by atoms with Gasteiger partial charge in [-0.1, -0.05) is 26.2 Å². The molecule has 1 spiro atoms. The smallest absolute Gasteiger partial charge is 0.356 e. The molecule has 0 bridgehead atoms. The first-order valence-electron chi connectivity index (χ1n) is 14.6. The SMILES string of the molecule is CCCCCCNC(=O)CCCCC(F)(F)C(F)(F)OC(F)(F)C(F)(F)S(=O)(=O)O[C@@H]1C2OC(C)(C)O[C@H]2O[C@]12COC(C)(C)O2. The minimum Gasteiger partial charge on any atom is -0.356 e. The van der Waals surface area contributed by atoms with Crippen LogP contribution in [0.3, 0.4) is 0 Å². The van der Waals surface area contributed by atoms with E-state index in [1.165, 1.54) is 27.7 Å².